The molecule has 0 saturated heterocycles. The number of pyridine rings is 1. The van der Waals surface area contributed by atoms with Gasteiger partial charge in [0.25, 0.3) is 5.56 Å². The number of aromatic nitrogens is 5. The molecule has 25 heavy (non-hydrogen) atoms. The minimum absolute atomic E-state index is 0.177. The van der Waals surface area contributed by atoms with E-state index in [2.05, 4.69) is 20.3 Å². The second-order valence-electron chi connectivity index (χ2n) is 5.14. The molecule has 2 aliphatic rings. The molecule has 2 aliphatic heterocycles. The van der Waals surface area contributed by atoms with Crippen LogP contribution in [0.1, 0.15) is 16.2 Å². The first-order valence-electron chi connectivity index (χ1n) is 7.18. The molecule has 0 spiro atoms. The fraction of sp³-hybridized carbons (Fsp3) is 0.133. The first kappa shape index (κ1) is 15.3. The molecule has 0 radical (unpaired) electrons. The summed E-state index contributed by atoms with van der Waals surface area (Å²) in [7, 11) is 1.27. The summed E-state index contributed by atoms with van der Waals surface area (Å²) in [6.45, 7) is 0.197. The highest BCUT2D eigenvalue weighted by Gasteiger charge is 2.22. The smallest absolute Gasteiger partial charge is 0.341 e. The van der Waals surface area contributed by atoms with Crippen LogP contribution in [0.15, 0.2) is 39.2 Å². The van der Waals surface area contributed by atoms with Crippen LogP contribution in [0, 0.1) is 0 Å². The Kier molecular flexibility index (Phi) is 3.65. The van der Waals surface area contributed by atoms with Gasteiger partial charge in [-0.2, -0.15) is 10.1 Å². The topological polar surface area (TPSA) is 116 Å². The number of carbonyl (C=O) groups is 1. The van der Waals surface area contributed by atoms with Crippen molar-refractivity contribution in [3.8, 4) is 22.0 Å². The third-order valence-electron chi connectivity index (χ3n) is 3.55. The van der Waals surface area contributed by atoms with Crippen molar-refractivity contribution in [2.24, 2.45) is 0 Å². The molecule has 0 unspecified atom stereocenters. The largest absolute Gasteiger partial charge is 0.465 e. The van der Waals surface area contributed by atoms with Gasteiger partial charge in [0.05, 0.1) is 17.6 Å². The number of hydrogen-bond acceptors (Lipinski definition) is 8. The highest BCUT2D eigenvalue weighted by atomic mass is 32.1. The van der Waals surface area contributed by atoms with E-state index in [0.717, 1.165) is 4.88 Å². The van der Waals surface area contributed by atoms with E-state index in [4.69, 9.17) is 9.26 Å². The summed E-state index contributed by atoms with van der Waals surface area (Å²) in [5, 5.41) is 12.1. The van der Waals surface area contributed by atoms with E-state index in [1.165, 1.54) is 24.6 Å². The van der Waals surface area contributed by atoms with Gasteiger partial charge in [-0.15, -0.1) is 11.3 Å². The number of esters is 1. The van der Waals surface area contributed by atoms with Crippen molar-refractivity contribution in [1.29, 1.82) is 0 Å². The molecule has 2 aromatic rings. The van der Waals surface area contributed by atoms with Crippen LogP contribution in [0.4, 0.5) is 0 Å². The lowest BCUT2D eigenvalue weighted by molar-refractivity contribution is 0.0600. The minimum Gasteiger partial charge on any atom is -0.465 e. The number of hydrogen-bond donors (Lipinski definition) is 1. The zero-order chi connectivity index (χ0) is 17.4. The lowest BCUT2D eigenvalue weighted by Gasteiger charge is -2.09. The van der Waals surface area contributed by atoms with Crippen molar-refractivity contribution in [3.05, 3.63) is 51.7 Å². The predicted molar refractivity (Wildman–Crippen MR) is 87.5 cm³/mol. The maximum Gasteiger partial charge on any atom is 0.341 e. The van der Waals surface area contributed by atoms with E-state index in [1.54, 1.807) is 10.8 Å². The molecule has 4 rings (SSSR count). The van der Waals surface area contributed by atoms with E-state index in [0.29, 0.717) is 11.7 Å². The standard InChI is InChI=1S/C15H11N5O4S/c1-23-15(22)9-6-20(5-8-12(9)17-18-14(8)21)7-11-16-13(19-24-11)10-3-2-4-25-10/h2-6H,7H2,1H3,(H,18,21). The van der Waals surface area contributed by atoms with Gasteiger partial charge in [0, 0.05) is 12.4 Å². The summed E-state index contributed by atoms with van der Waals surface area (Å²) in [4.78, 5) is 29.0. The summed E-state index contributed by atoms with van der Waals surface area (Å²) >= 11 is 1.50. The fourth-order valence-electron chi connectivity index (χ4n) is 2.42. The van der Waals surface area contributed by atoms with Gasteiger partial charge in [-0.25, -0.2) is 9.89 Å². The number of carbonyl (C=O) groups excluding carboxylic acids is 1. The molecular formula is C15H11N5O4S. The van der Waals surface area contributed by atoms with Gasteiger partial charge in [0.1, 0.15) is 17.8 Å². The molecule has 0 fully saturated rings. The van der Waals surface area contributed by atoms with Gasteiger partial charge in [-0.3, -0.25) is 4.79 Å². The van der Waals surface area contributed by atoms with Gasteiger partial charge in [-0.05, 0) is 11.4 Å². The number of thiophene rings is 1. The molecule has 4 heterocycles. The summed E-state index contributed by atoms with van der Waals surface area (Å²) in [5.74, 6) is 0.253. The van der Waals surface area contributed by atoms with Crippen LogP contribution in [0.25, 0.3) is 22.0 Å². The second kappa shape index (κ2) is 5.98. The van der Waals surface area contributed by atoms with Gasteiger partial charge >= 0.3 is 5.97 Å². The number of H-pyrrole nitrogens is 1. The van der Waals surface area contributed by atoms with Crippen LogP contribution in [-0.2, 0) is 11.3 Å². The average Bonchev–Trinajstić information content (AvgIpc) is 3.35. The van der Waals surface area contributed by atoms with E-state index in [9.17, 15) is 9.59 Å². The van der Waals surface area contributed by atoms with Crippen molar-refractivity contribution >= 4 is 17.3 Å². The van der Waals surface area contributed by atoms with Crippen molar-refractivity contribution < 1.29 is 14.1 Å². The Morgan fingerprint density at radius 3 is 3.08 bits per heavy atom. The number of nitrogens with zero attached hydrogens (tertiary/aromatic N) is 4. The monoisotopic (exact) mass is 357 g/mol. The van der Waals surface area contributed by atoms with Crippen LogP contribution in [0.2, 0.25) is 0 Å². The van der Waals surface area contributed by atoms with E-state index >= 15 is 0 Å². The fourth-order valence-corrected chi connectivity index (χ4v) is 3.07. The average molecular weight is 357 g/mol. The molecule has 1 N–H and O–H groups in total. The van der Waals surface area contributed by atoms with Gasteiger partial charge < -0.3 is 13.8 Å². The van der Waals surface area contributed by atoms with Crippen LogP contribution < -0.4 is 5.56 Å². The maximum absolute atomic E-state index is 12.0. The summed E-state index contributed by atoms with van der Waals surface area (Å²) in [6, 6.07) is 3.79. The predicted octanol–water partition coefficient (Wildman–Crippen LogP) is 1.62. The van der Waals surface area contributed by atoms with Gasteiger partial charge in [-0.1, -0.05) is 11.2 Å². The number of nitrogens with one attached hydrogen (secondary N) is 1. The van der Waals surface area contributed by atoms with Crippen molar-refractivity contribution in [1.82, 2.24) is 24.9 Å². The molecular weight excluding hydrogens is 346 g/mol. The molecule has 2 aromatic heterocycles. The number of rotatable bonds is 4. The van der Waals surface area contributed by atoms with Crippen molar-refractivity contribution in [3.63, 3.8) is 0 Å². The summed E-state index contributed by atoms with van der Waals surface area (Å²) in [5.41, 5.74) is 0.328. The molecule has 0 bridgehead atoms. The van der Waals surface area contributed by atoms with Crippen LogP contribution >= 0.6 is 11.3 Å². The third-order valence-corrected chi connectivity index (χ3v) is 4.41. The second-order valence-corrected chi connectivity index (χ2v) is 6.09. The number of aromatic amines is 1. The highest BCUT2D eigenvalue weighted by molar-refractivity contribution is 7.13. The third kappa shape index (κ3) is 2.72. The Labute approximate surface area is 144 Å². The van der Waals surface area contributed by atoms with Crippen LogP contribution in [0.5, 0.6) is 0 Å². The number of ether oxygens (including phenoxy) is 1. The van der Waals surface area contributed by atoms with Crippen molar-refractivity contribution in [2.75, 3.05) is 7.11 Å². The number of methoxy groups -OCH3 is 1. The Bertz CT molecular complexity index is 1060. The van der Waals surface area contributed by atoms with Crippen LogP contribution in [0.3, 0.4) is 0 Å². The van der Waals surface area contributed by atoms with Gasteiger partial charge in [0.2, 0.25) is 11.7 Å². The van der Waals surface area contributed by atoms with E-state index < -0.39 is 5.97 Å². The first-order valence-corrected chi connectivity index (χ1v) is 8.06. The molecule has 10 heteroatoms. The normalized spacial score (nSPS) is 11.1. The Hall–Kier alpha value is -3.27. The van der Waals surface area contributed by atoms with E-state index in [-0.39, 0.29) is 28.9 Å². The Morgan fingerprint density at radius 2 is 2.32 bits per heavy atom. The minimum atomic E-state index is -0.587. The SMILES string of the molecule is COC(=O)c1cn(Cc2nc(-c3cccs3)no2)cc2c(=O)[nH]nc1-2. The zero-order valence-electron chi connectivity index (χ0n) is 12.9. The molecule has 0 aliphatic carbocycles. The molecule has 0 atom stereocenters. The number of fused-ring (bicyclic) bond motifs is 1. The lowest BCUT2D eigenvalue weighted by Crippen LogP contribution is -2.12. The van der Waals surface area contributed by atoms with Crippen LogP contribution in [-0.4, -0.2) is 38.0 Å². The summed E-state index contributed by atoms with van der Waals surface area (Å²) in [6.07, 6.45) is 3.10. The highest BCUT2D eigenvalue weighted by Crippen LogP contribution is 2.23. The molecule has 126 valence electrons. The zero-order valence-corrected chi connectivity index (χ0v) is 13.7. The van der Waals surface area contributed by atoms with Gasteiger partial charge in [0.15, 0.2) is 0 Å². The quantitative estimate of drug-likeness (QED) is 0.552. The Morgan fingerprint density at radius 1 is 1.44 bits per heavy atom. The Balaban J connectivity index is 1.72. The lowest BCUT2D eigenvalue weighted by atomic mass is 10.1. The molecule has 0 saturated carbocycles. The first-order chi connectivity index (χ1) is 12.2. The molecule has 0 aromatic carbocycles. The molecule has 9 nitrogen and oxygen atoms in total. The van der Waals surface area contributed by atoms with E-state index in [1.807, 2.05) is 17.5 Å². The van der Waals surface area contributed by atoms with Crippen molar-refractivity contribution in [2.45, 2.75) is 6.54 Å². The maximum atomic E-state index is 12.0. The molecule has 0 amide bonds. The summed E-state index contributed by atoms with van der Waals surface area (Å²) < 4.78 is 11.6.